The zero-order valence-electron chi connectivity index (χ0n) is 24.0. The highest BCUT2D eigenvalue weighted by Crippen LogP contribution is 2.66. The number of esters is 1. The molecule has 0 aromatic carbocycles. The maximum Gasteiger partial charge on any atom is 0.438 e. The minimum absolute atomic E-state index is 0.0113. The number of hydrogen-bond donors (Lipinski definition) is 1. The lowest BCUT2D eigenvalue weighted by Crippen LogP contribution is -2.63. The summed E-state index contributed by atoms with van der Waals surface area (Å²) >= 11 is 0. The van der Waals surface area contributed by atoms with Gasteiger partial charge in [-0.05, 0) is 60.7 Å². The summed E-state index contributed by atoms with van der Waals surface area (Å²) in [5.74, 6) is -6.91. The lowest BCUT2D eigenvalue weighted by Gasteiger charge is -2.58. The van der Waals surface area contributed by atoms with Crippen LogP contribution in [0.25, 0.3) is 0 Å². The Labute approximate surface area is 245 Å². The van der Waals surface area contributed by atoms with Crippen molar-refractivity contribution < 1.29 is 63.2 Å². The van der Waals surface area contributed by atoms with Gasteiger partial charge >= 0.3 is 23.9 Å². The van der Waals surface area contributed by atoms with E-state index < -0.39 is 69.4 Å². The largest absolute Gasteiger partial charge is 0.438 e. The van der Waals surface area contributed by atoms with Gasteiger partial charge in [-0.2, -0.15) is 34.8 Å². The third kappa shape index (κ3) is 5.65. The fourth-order valence-electron chi connectivity index (χ4n) is 8.91. The molecule has 0 unspecified atom stereocenters. The number of rotatable bonds is 7. The van der Waals surface area contributed by atoms with E-state index in [1.807, 2.05) is 0 Å². The van der Waals surface area contributed by atoms with Crippen molar-refractivity contribution in [2.75, 3.05) is 5.75 Å². The highest BCUT2D eigenvalue weighted by atomic mass is 32.2. The Kier molecular flexibility index (Phi) is 8.50. The third-order valence-corrected chi connectivity index (χ3v) is 12.1. The van der Waals surface area contributed by atoms with Gasteiger partial charge in [-0.25, -0.2) is 0 Å². The van der Waals surface area contributed by atoms with Crippen LogP contribution in [0.2, 0.25) is 0 Å². The number of hydrogen-bond acceptors (Lipinski definition) is 7. The summed E-state index contributed by atoms with van der Waals surface area (Å²) in [5.41, 5.74) is -6.81. The molecule has 4 fully saturated rings. The molecule has 15 heteroatoms. The summed E-state index contributed by atoms with van der Waals surface area (Å²) < 4.78 is 116. The molecule has 1 N–H and O–H groups in total. The Bertz CT molecular complexity index is 1280. The van der Waals surface area contributed by atoms with Crippen LogP contribution in [0, 0.1) is 46.3 Å². The van der Waals surface area contributed by atoms with Crippen molar-refractivity contribution in [2.24, 2.45) is 46.3 Å². The number of halogens is 6. The third-order valence-electron chi connectivity index (χ3n) is 11.3. The maximum absolute atomic E-state index is 13.8. The fraction of sp³-hybridized carbons (Fsp3) is 0.857. The topological polar surface area (TPSA) is 132 Å². The number of ether oxygens (including phenoxy) is 1. The monoisotopic (exact) mass is 646 g/mol. The molecule has 4 rings (SSSR count). The molecule has 0 amide bonds. The Morgan fingerprint density at radius 1 is 1.00 bits per heavy atom. The summed E-state index contributed by atoms with van der Waals surface area (Å²) in [6, 6.07) is 0. The van der Waals surface area contributed by atoms with Gasteiger partial charge in [0.15, 0.2) is 0 Å². The molecule has 0 saturated heterocycles. The Balaban J connectivity index is 1.51. The highest BCUT2D eigenvalue weighted by molar-refractivity contribution is 7.85. The van der Waals surface area contributed by atoms with Crippen molar-refractivity contribution in [1.29, 1.82) is 0 Å². The summed E-state index contributed by atoms with van der Waals surface area (Å²) in [6.07, 6.45) is -11.4. The molecule has 0 heterocycles. The molecule has 244 valence electrons. The summed E-state index contributed by atoms with van der Waals surface area (Å²) in [5, 5.41) is 0. The zero-order valence-corrected chi connectivity index (χ0v) is 24.8. The molecule has 4 saturated carbocycles. The molecular weight excluding hydrogens is 610 g/mol. The van der Waals surface area contributed by atoms with Gasteiger partial charge in [0.05, 0.1) is 0 Å². The average Bonchev–Trinajstić information content (AvgIpc) is 3.20. The number of carbonyl (C=O) groups is 4. The van der Waals surface area contributed by atoms with Crippen molar-refractivity contribution in [2.45, 2.75) is 96.5 Å². The van der Waals surface area contributed by atoms with Crippen molar-refractivity contribution in [3.05, 3.63) is 0 Å². The predicted octanol–water partition coefficient (Wildman–Crippen LogP) is 5.28. The number of Topliss-reactive ketones (excluding diaryl/α,β-unsaturated/α-hetero) is 3. The van der Waals surface area contributed by atoms with Crippen LogP contribution < -0.4 is 0 Å². The molecule has 8 nitrogen and oxygen atoms in total. The quantitative estimate of drug-likeness (QED) is 0.225. The van der Waals surface area contributed by atoms with Crippen LogP contribution in [0.1, 0.15) is 78.6 Å². The Morgan fingerprint density at radius 3 is 2.16 bits per heavy atom. The fourth-order valence-corrected chi connectivity index (χ4v) is 9.81. The average molecular weight is 647 g/mol. The van der Waals surface area contributed by atoms with E-state index in [1.165, 1.54) is 0 Å². The molecule has 0 aromatic heterocycles. The van der Waals surface area contributed by atoms with E-state index >= 15 is 0 Å². The molecule has 8 atom stereocenters. The normalized spacial score (nSPS) is 36.0. The van der Waals surface area contributed by atoms with Gasteiger partial charge in [-0.3, -0.25) is 23.7 Å². The van der Waals surface area contributed by atoms with Crippen molar-refractivity contribution in [3.63, 3.8) is 0 Å². The Hall–Kier alpha value is -2.03. The molecule has 0 aliphatic heterocycles. The van der Waals surface area contributed by atoms with Crippen molar-refractivity contribution >= 4 is 33.4 Å². The van der Waals surface area contributed by atoms with Crippen LogP contribution in [-0.2, 0) is 34.0 Å². The highest BCUT2D eigenvalue weighted by Gasteiger charge is 2.76. The lowest BCUT2D eigenvalue weighted by atomic mass is 9.44. The van der Waals surface area contributed by atoms with Crippen LogP contribution in [0.15, 0.2) is 0 Å². The molecule has 4 aliphatic carbocycles. The number of ketones is 3. The van der Waals surface area contributed by atoms with Crippen LogP contribution in [0.4, 0.5) is 26.3 Å². The lowest BCUT2D eigenvalue weighted by molar-refractivity contribution is -0.361. The number of alkyl halides is 6. The van der Waals surface area contributed by atoms with Gasteiger partial charge in [-0.1, -0.05) is 20.8 Å². The smallest absolute Gasteiger partial charge is 0.438 e. The molecule has 0 aromatic rings. The maximum atomic E-state index is 13.8. The van der Waals surface area contributed by atoms with Crippen LogP contribution in [0.3, 0.4) is 0 Å². The first-order valence-electron chi connectivity index (χ1n) is 14.4. The van der Waals surface area contributed by atoms with E-state index in [0.29, 0.717) is 32.1 Å². The summed E-state index contributed by atoms with van der Waals surface area (Å²) in [6.45, 7) is 5.42. The van der Waals surface area contributed by atoms with E-state index in [1.54, 1.807) is 13.8 Å². The second-order valence-corrected chi connectivity index (χ2v) is 14.9. The first-order valence-corrected chi connectivity index (χ1v) is 16.0. The first kappa shape index (κ1) is 33.9. The summed E-state index contributed by atoms with van der Waals surface area (Å²) in [7, 11) is -5.89. The van der Waals surface area contributed by atoms with Crippen LogP contribution in [-0.4, -0.2) is 60.0 Å². The van der Waals surface area contributed by atoms with Gasteiger partial charge in [0.2, 0.25) is 0 Å². The minimum atomic E-state index is -6.41. The zero-order chi connectivity index (χ0) is 32.6. The molecule has 4 aliphatic rings. The van der Waals surface area contributed by atoms with Gasteiger partial charge in [0, 0.05) is 43.4 Å². The van der Waals surface area contributed by atoms with E-state index in [0.717, 1.165) is 0 Å². The Morgan fingerprint density at radius 2 is 1.60 bits per heavy atom. The summed E-state index contributed by atoms with van der Waals surface area (Å²) in [4.78, 5) is 51.8. The number of carbonyl (C=O) groups excluding carboxylic acids is 4. The van der Waals surface area contributed by atoms with E-state index in [2.05, 4.69) is 11.7 Å². The molecule has 0 radical (unpaired) electrons. The molecule has 43 heavy (non-hydrogen) atoms. The van der Waals surface area contributed by atoms with Gasteiger partial charge in [-0.15, -0.1) is 0 Å². The second kappa shape index (κ2) is 10.8. The van der Waals surface area contributed by atoms with Gasteiger partial charge in [0.1, 0.15) is 23.1 Å². The number of fused-ring (bicyclic) bond motifs is 5. The standard InChI is InChI=1S/C28H36F6O8S/c1-14(4-7-22(38)42-26(27(29,30)31,28(32,33)34)13-43(39,40)41)17-5-6-18-23-19(12-21(37)25(17,18)3)24(2)9-8-16(35)10-15(24)11-20(23)36/h14-15,17-19,23H,4-13H2,1-3H3,(H,39,40,41)/t14-,15+,17-,18+,19+,23+,24+,25-/m1/s1. The van der Waals surface area contributed by atoms with E-state index in [-0.39, 0.29) is 59.8 Å². The predicted molar refractivity (Wildman–Crippen MR) is 137 cm³/mol. The van der Waals surface area contributed by atoms with E-state index in [4.69, 9.17) is 4.55 Å². The first-order chi connectivity index (χ1) is 19.5. The van der Waals surface area contributed by atoms with Gasteiger partial charge in [0.25, 0.3) is 10.1 Å². The molecule has 0 bridgehead atoms. The van der Waals surface area contributed by atoms with Crippen molar-refractivity contribution in [1.82, 2.24) is 0 Å². The second-order valence-electron chi connectivity index (χ2n) is 13.5. The van der Waals surface area contributed by atoms with E-state index in [9.17, 15) is 53.9 Å². The molecule has 0 spiro atoms. The van der Waals surface area contributed by atoms with Crippen LogP contribution in [0.5, 0.6) is 0 Å². The van der Waals surface area contributed by atoms with Gasteiger partial charge < -0.3 is 4.74 Å². The SMILES string of the molecule is C[C@H](CCC(=O)OC(CS(=O)(=O)O)(C(F)(F)F)C(F)(F)F)[C@H]1CC[C@H]2[C@@H]3C(=O)C[C@@H]4CC(=O)CC[C@]4(C)[C@H]3CC(=O)[C@]12C. The van der Waals surface area contributed by atoms with Crippen molar-refractivity contribution in [3.8, 4) is 0 Å². The molecular formula is C28H36F6O8S. The minimum Gasteiger partial charge on any atom is -0.438 e. The van der Waals surface area contributed by atoms with Crippen LogP contribution >= 0.6 is 0 Å².